The second-order valence-electron chi connectivity index (χ2n) is 8.15. The molecule has 0 aliphatic heterocycles. The Morgan fingerprint density at radius 3 is 2.58 bits per heavy atom. The summed E-state index contributed by atoms with van der Waals surface area (Å²) < 4.78 is 48.5. The Morgan fingerprint density at radius 2 is 1.86 bits per heavy atom. The second kappa shape index (κ2) is 9.31. The van der Waals surface area contributed by atoms with Gasteiger partial charge in [-0.05, 0) is 66.9 Å². The van der Waals surface area contributed by atoms with Gasteiger partial charge in [0.05, 0.1) is 10.7 Å². The monoisotopic (exact) mass is 513 g/mol. The third-order valence-corrected chi connectivity index (χ3v) is 5.90. The van der Waals surface area contributed by atoms with E-state index < -0.39 is 6.36 Å². The summed E-state index contributed by atoms with van der Waals surface area (Å²) in [6.07, 6.45) is -1.69. The van der Waals surface area contributed by atoms with Gasteiger partial charge in [0.25, 0.3) is 0 Å². The van der Waals surface area contributed by atoms with Gasteiger partial charge in [0.1, 0.15) is 22.6 Å². The molecule has 3 heterocycles. The number of halogens is 4. The van der Waals surface area contributed by atoms with E-state index in [1.807, 2.05) is 19.1 Å². The van der Waals surface area contributed by atoms with Gasteiger partial charge >= 0.3 is 6.36 Å². The Morgan fingerprint density at radius 1 is 1.08 bits per heavy atom. The van der Waals surface area contributed by atoms with Crippen molar-refractivity contribution in [2.75, 3.05) is 0 Å². The van der Waals surface area contributed by atoms with Crippen LogP contribution in [0.5, 0.6) is 5.75 Å². The van der Waals surface area contributed by atoms with Gasteiger partial charge in [-0.1, -0.05) is 24.6 Å². The highest BCUT2D eigenvalue weighted by Crippen LogP contribution is 2.29. The number of alkyl halides is 3. The number of nitrogens with zero attached hydrogens (tertiary/aromatic N) is 3. The van der Waals surface area contributed by atoms with E-state index in [0.717, 1.165) is 11.3 Å². The molecule has 0 aliphatic rings. The zero-order chi connectivity index (χ0) is 25.4. The number of pyridine rings is 1. The number of ketones is 1. The Kier molecular flexibility index (Phi) is 6.17. The maximum Gasteiger partial charge on any atom is 0.573 e. The highest BCUT2D eigenvalue weighted by Gasteiger charge is 2.31. The van der Waals surface area contributed by atoms with Crippen molar-refractivity contribution < 1.29 is 27.1 Å². The molecule has 0 atom stereocenters. The summed E-state index contributed by atoms with van der Waals surface area (Å²) in [5, 5.41) is 0.520. The molecule has 0 unspecified atom stereocenters. The summed E-state index contributed by atoms with van der Waals surface area (Å²) in [6, 6.07) is 14.3. The summed E-state index contributed by atoms with van der Waals surface area (Å²) >= 11 is 6.13. The third-order valence-electron chi connectivity index (χ3n) is 5.68. The highest BCUT2D eigenvalue weighted by atomic mass is 35.5. The van der Waals surface area contributed by atoms with Gasteiger partial charge in [0, 0.05) is 18.2 Å². The SMILES string of the molecule is CCc1nc2ccc(Cl)cn2c1C(=O)CCc1ccc2oc(-c3ccc(OC(F)(F)F)cc3)nc2c1. The zero-order valence-corrected chi connectivity index (χ0v) is 19.7. The molecule has 184 valence electrons. The van der Waals surface area contributed by atoms with Crippen LogP contribution in [0, 0.1) is 0 Å². The summed E-state index contributed by atoms with van der Waals surface area (Å²) in [5.41, 5.74) is 4.46. The second-order valence-corrected chi connectivity index (χ2v) is 8.59. The van der Waals surface area contributed by atoms with Gasteiger partial charge in [-0.2, -0.15) is 0 Å². The molecule has 0 saturated heterocycles. The first-order valence-corrected chi connectivity index (χ1v) is 11.5. The minimum absolute atomic E-state index is 0.0382. The van der Waals surface area contributed by atoms with Crippen molar-refractivity contribution in [3.63, 3.8) is 0 Å². The van der Waals surface area contributed by atoms with E-state index in [0.29, 0.717) is 45.9 Å². The van der Waals surface area contributed by atoms with Crippen LogP contribution in [-0.4, -0.2) is 26.5 Å². The van der Waals surface area contributed by atoms with E-state index in [4.69, 9.17) is 16.0 Å². The van der Waals surface area contributed by atoms with E-state index in [1.165, 1.54) is 24.3 Å². The third kappa shape index (κ3) is 4.92. The fraction of sp³-hybridized carbons (Fsp3) is 0.192. The molecule has 0 saturated carbocycles. The number of carbonyl (C=O) groups is 1. The van der Waals surface area contributed by atoms with Gasteiger partial charge < -0.3 is 9.15 Å². The van der Waals surface area contributed by atoms with Crippen LogP contribution in [0.3, 0.4) is 0 Å². The van der Waals surface area contributed by atoms with Crippen LogP contribution in [-0.2, 0) is 12.8 Å². The molecule has 0 N–H and O–H groups in total. The average molecular weight is 514 g/mol. The van der Waals surface area contributed by atoms with E-state index in [-0.39, 0.29) is 23.8 Å². The Balaban J connectivity index is 1.33. The van der Waals surface area contributed by atoms with Crippen LogP contribution >= 0.6 is 11.6 Å². The Hall–Kier alpha value is -3.85. The standard InChI is InChI=1S/C26H19ClF3N3O3/c1-2-19-24(33-14-17(27)7-12-23(33)31-19)21(34)10-3-15-4-11-22-20(13-15)32-25(35-22)16-5-8-18(9-6-16)36-26(28,29)30/h4-9,11-14H,2-3,10H2,1H3. The van der Waals surface area contributed by atoms with Crippen LogP contribution in [0.15, 0.2) is 65.2 Å². The minimum Gasteiger partial charge on any atom is -0.436 e. The fourth-order valence-electron chi connectivity index (χ4n) is 4.04. The van der Waals surface area contributed by atoms with Crippen LogP contribution in [0.1, 0.15) is 35.1 Å². The number of imidazole rings is 1. The van der Waals surface area contributed by atoms with Gasteiger partial charge in [0.15, 0.2) is 11.4 Å². The van der Waals surface area contributed by atoms with Crippen LogP contribution in [0.2, 0.25) is 5.02 Å². The number of ether oxygens (including phenoxy) is 1. The molecule has 10 heteroatoms. The average Bonchev–Trinajstić information content (AvgIpc) is 3.42. The van der Waals surface area contributed by atoms with Crippen molar-refractivity contribution in [1.29, 1.82) is 0 Å². The Bertz CT molecular complexity index is 1570. The van der Waals surface area contributed by atoms with E-state index in [9.17, 15) is 18.0 Å². The lowest BCUT2D eigenvalue weighted by molar-refractivity contribution is -0.274. The molecule has 5 aromatic rings. The summed E-state index contributed by atoms with van der Waals surface area (Å²) in [4.78, 5) is 22.1. The normalized spacial score (nSPS) is 11.9. The smallest absolute Gasteiger partial charge is 0.436 e. The number of carbonyl (C=O) groups excluding carboxylic acids is 1. The van der Waals surface area contributed by atoms with Crippen LogP contribution in [0.4, 0.5) is 13.2 Å². The maximum atomic E-state index is 13.1. The van der Waals surface area contributed by atoms with Crippen molar-refractivity contribution in [2.24, 2.45) is 0 Å². The number of Topliss-reactive ketones (excluding diaryl/α,β-unsaturated/α-hetero) is 1. The molecule has 2 aromatic carbocycles. The van der Waals surface area contributed by atoms with Crippen molar-refractivity contribution in [3.8, 4) is 17.2 Å². The number of rotatable bonds is 7. The number of fused-ring (bicyclic) bond motifs is 2. The van der Waals surface area contributed by atoms with Gasteiger partial charge in [-0.15, -0.1) is 13.2 Å². The van der Waals surface area contributed by atoms with Gasteiger partial charge in [-0.3, -0.25) is 9.20 Å². The number of oxazole rings is 1. The topological polar surface area (TPSA) is 69.6 Å². The molecule has 6 nitrogen and oxygen atoms in total. The van der Waals surface area contributed by atoms with E-state index in [1.54, 1.807) is 28.8 Å². The van der Waals surface area contributed by atoms with Crippen LogP contribution < -0.4 is 4.74 Å². The van der Waals surface area contributed by atoms with Crippen molar-refractivity contribution >= 4 is 34.1 Å². The minimum atomic E-state index is -4.76. The number of hydrogen-bond acceptors (Lipinski definition) is 5. The van der Waals surface area contributed by atoms with Crippen molar-refractivity contribution in [1.82, 2.24) is 14.4 Å². The Labute approximate surface area is 208 Å². The molecule has 0 fully saturated rings. The van der Waals surface area contributed by atoms with Gasteiger partial charge in [0.2, 0.25) is 5.89 Å². The number of hydrogen-bond donors (Lipinski definition) is 0. The molecular formula is C26H19ClF3N3O3. The predicted octanol–water partition coefficient (Wildman–Crippen LogP) is 7.07. The molecule has 0 spiro atoms. The predicted molar refractivity (Wildman–Crippen MR) is 128 cm³/mol. The number of benzene rings is 2. The molecule has 5 rings (SSSR count). The summed E-state index contributed by atoms with van der Waals surface area (Å²) in [6.45, 7) is 1.95. The largest absolute Gasteiger partial charge is 0.573 e. The molecule has 0 amide bonds. The zero-order valence-electron chi connectivity index (χ0n) is 19.0. The van der Waals surface area contributed by atoms with Gasteiger partial charge in [-0.25, -0.2) is 9.97 Å². The van der Waals surface area contributed by atoms with E-state index >= 15 is 0 Å². The summed E-state index contributed by atoms with van der Waals surface area (Å²) in [7, 11) is 0. The molecule has 0 bridgehead atoms. The fourth-order valence-corrected chi connectivity index (χ4v) is 4.20. The first-order chi connectivity index (χ1) is 17.2. The van der Waals surface area contributed by atoms with Crippen LogP contribution in [0.25, 0.3) is 28.2 Å². The summed E-state index contributed by atoms with van der Waals surface area (Å²) in [5.74, 6) is -0.0931. The first kappa shape index (κ1) is 23.9. The quantitative estimate of drug-likeness (QED) is 0.218. The van der Waals surface area contributed by atoms with Crippen molar-refractivity contribution in [3.05, 3.63) is 82.8 Å². The lowest BCUT2D eigenvalue weighted by atomic mass is 10.0. The number of aryl methyl sites for hydroxylation is 2. The molecule has 36 heavy (non-hydrogen) atoms. The van der Waals surface area contributed by atoms with Crippen molar-refractivity contribution in [2.45, 2.75) is 32.5 Å². The lowest BCUT2D eigenvalue weighted by Crippen LogP contribution is -2.16. The first-order valence-electron chi connectivity index (χ1n) is 11.2. The molecular weight excluding hydrogens is 495 g/mol. The molecule has 3 aromatic heterocycles. The molecule has 0 radical (unpaired) electrons. The maximum absolute atomic E-state index is 13.1. The highest BCUT2D eigenvalue weighted by molar-refractivity contribution is 6.30. The number of aromatic nitrogens is 3. The van der Waals surface area contributed by atoms with E-state index in [2.05, 4.69) is 14.7 Å². The lowest BCUT2D eigenvalue weighted by Gasteiger charge is -2.08. The molecule has 0 aliphatic carbocycles.